The summed E-state index contributed by atoms with van der Waals surface area (Å²) in [5.41, 5.74) is -0.609. The van der Waals surface area contributed by atoms with Gasteiger partial charge in [0.15, 0.2) is 0 Å². The molecule has 0 bridgehead atoms. The second-order valence-electron chi connectivity index (χ2n) is 10.4. The minimum Gasteiger partial charge on any atom is -0.267 e. The standard InChI is InChI=1S/C26H28F3N7O3S.H2/c1-33-16-30-32-24(33)23(18-5-2-6-18)19-7-3-8-20(12-19)35-15-22-21(26(27,28)29)11-17(14-36(22)25(35)37)13-34-10-4-9-31-40(34,38)39;/h3,7-8,11-12,14-16,18,23,31H,2,4-6,9-10,13H2,1H3;1H/q+1;/t23-;/m1./s1. The molecule has 2 aliphatic heterocycles. The molecule has 2 aromatic heterocycles. The zero-order chi connectivity index (χ0) is 28.2. The Morgan fingerprint density at radius 3 is 2.65 bits per heavy atom. The molecule has 3 aromatic rings. The molecule has 0 spiro atoms. The Labute approximate surface area is 230 Å². The molecule has 1 atom stereocenters. The molecule has 10 nitrogen and oxygen atoms in total. The first-order valence-electron chi connectivity index (χ1n) is 13.1. The first-order valence-corrected chi connectivity index (χ1v) is 14.5. The number of nitrogens with one attached hydrogen (secondary N) is 1. The summed E-state index contributed by atoms with van der Waals surface area (Å²) in [5, 5.41) is 8.35. The molecule has 213 valence electrons. The number of nitrogens with zero attached hydrogens (tertiary/aromatic N) is 6. The van der Waals surface area contributed by atoms with E-state index in [0.717, 1.165) is 45.8 Å². The minimum atomic E-state index is -4.76. The average molecular weight is 578 g/mol. The normalized spacial score (nSPS) is 21.1. The Morgan fingerprint density at radius 2 is 2.00 bits per heavy atom. The molecule has 1 aliphatic carbocycles. The van der Waals surface area contributed by atoms with Crippen molar-refractivity contribution in [2.24, 2.45) is 16.1 Å². The van der Waals surface area contributed by atoms with Gasteiger partial charge in [0.1, 0.15) is 0 Å². The predicted molar refractivity (Wildman–Crippen MR) is 142 cm³/mol. The lowest BCUT2D eigenvalue weighted by Crippen LogP contribution is -2.46. The van der Waals surface area contributed by atoms with Crippen LogP contribution in [0.1, 0.15) is 49.7 Å². The van der Waals surface area contributed by atoms with Gasteiger partial charge in [-0.15, -0.1) is 0 Å². The molecule has 0 amide bonds. The lowest BCUT2D eigenvalue weighted by Gasteiger charge is -2.34. The number of hydrogen-bond acceptors (Lipinski definition) is 5. The lowest BCUT2D eigenvalue weighted by atomic mass is 9.71. The van der Waals surface area contributed by atoms with Crippen LogP contribution < -0.4 is 10.4 Å². The van der Waals surface area contributed by atoms with E-state index in [4.69, 9.17) is 0 Å². The number of aromatic nitrogens is 2. The van der Waals surface area contributed by atoms with E-state index >= 15 is 0 Å². The van der Waals surface area contributed by atoms with Crippen molar-refractivity contribution in [1.82, 2.24) is 18.0 Å². The molecule has 1 saturated heterocycles. The van der Waals surface area contributed by atoms with Crippen LogP contribution in [0.4, 0.5) is 13.2 Å². The quantitative estimate of drug-likeness (QED) is 0.450. The molecular formula is C26H30F3N7O3S+. The third-order valence-corrected chi connectivity index (χ3v) is 9.41. The van der Waals surface area contributed by atoms with E-state index in [9.17, 15) is 26.4 Å². The molecule has 1 saturated carbocycles. The Morgan fingerprint density at radius 1 is 1.20 bits per heavy atom. The number of likely N-dealkylation sites (N-methyl/N-ethyl adjacent to an activating group) is 1. The molecule has 3 aliphatic rings. The summed E-state index contributed by atoms with van der Waals surface area (Å²) in [7, 11) is -1.94. The van der Waals surface area contributed by atoms with Crippen LogP contribution in [0.3, 0.4) is 0 Å². The summed E-state index contributed by atoms with van der Waals surface area (Å²) in [6.07, 6.45) is 3.83. The molecule has 40 heavy (non-hydrogen) atoms. The van der Waals surface area contributed by atoms with Crippen LogP contribution in [0.2, 0.25) is 0 Å². The van der Waals surface area contributed by atoms with Crippen LogP contribution in [0.25, 0.3) is 11.2 Å². The Kier molecular flexibility index (Phi) is 6.66. The number of benzene rings is 1. The van der Waals surface area contributed by atoms with Gasteiger partial charge in [-0.3, -0.25) is 8.97 Å². The second kappa shape index (κ2) is 9.93. The van der Waals surface area contributed by atoms with Crippen molar-refractivity contribution in [2.75, 3.05) is 20.1 Å². The van der Waals surface area contributed by atoms with Crippen LogP contribution >= 0.6 is 0 Å². The van der Waals surface area contributed by atoms with E-state index in [0.29, 0.717) is 18.0 Å². The number of azo groups is 1. The van der Waals surface area contributed by atoms with E-state index in [1.165, 1.54) is 17.0 Å². The fourth-order valence-corrected chi connectivity index (χ4v) is 6.90. The summed E-state index contributed by atoms with van der Waals surface area (Å²) < 4.78 is 74.8. The third kappa shape index (κ3) is 4.77. The van der Waals surface area contributed by atoms with Crippen LogP contribution in [0.5, 0.6) is 0 Å². The van der Waals surface area contributed by atoms with Gasteiger partial charge in [-0.1, -0.05) is 18.6 Å². The molecule has 0 unspecified atom stereocenters. The average Bonchev–Trinajstić information content (AvgIpc) is 3.44. The Balaban J connectivity index is 0.00000337. The van der Waals surface area contributed by atoms with Crippen molar-refractivity contribution >= 4 is 22.1 Å². The summed E-state index contributed by atoms with van der Waals surface area (Å²) in [5.74, 6) is 0.286. The van der Waals surface area contributed by atoms with Crippen molar-refractivity contribution in [2.45, 2.75) is 44.3 Å². The van der Waals surface area contributed by atoms with Gasteiger partial charge in [0.05, 0.1) is 34.8 Å². The molecule has 1 N–H and O–H groups in total. The number of alkyl halides is 3. The van der Waals surface area contributed by atoms with Gasteiger partial charge in [0, 0.05) is 33.5 Å². The van der Waals surface area contributed by atoms with Crippen molar-refractivity contribution in [3.63, 3.8) is 0 Å². The van der Waals surface area contributed by atoms with Crippen LogP contribution in [-0.4, -0.2) is 52.7 Å². The first kappa shape index (κ1) is 26.8. The summed E-state index contributed by atoms with van der Waals surface area (Å²) in [4.78, 5) is 13.5. The smallest absolute Gasteiger partial charge is 0.267 e. The summed E-state index contributed by atoms with van der Waals surface area (Å²) in [6, 6.07) is 8.14. The first-order chi connectivity index (χ1) is 19.0. The highest BCUT2D eigenvalue weighted by atomic mass is 32.2. The van der Waals surface area contributed by atoms with E-state index in [1.807, 2.05) is 23.8 Å². The molecule has 1 aromatic carbocycles. The van der Waals surface area contributed by atoms with Crippen LogP contribution in [-0.2, 0) is 22.9 Å². The largest absolute Gasteiger partial charge is 0.418 e. The Bertz CT molecular complexity index is 1700. The maximum atomic E-state index is 14.2. The number of halogens is 3. The van der Waals surface area contributed by atoms with Crippen LogP contribution in [0.15, 0.2) is 57.7 Å². The van der Waals surface area contributed by atoms with Gasteiger partial charge in [0.2, 0.25) is 0 Å². The maximum absolute atomic E-state index is 14.2. The van der Waals surface area contributed by atoms with Gasteiger partial charge < -0.3 is 0 Å². The van der Waals surface area contributed by atoms with Gasteiger partial charge in [-0.25, -0.2) is 14.1 Å². The van der Waals surface area contributed by atoms with Gasteiger partial charge >= 0.3 is 24.4 Å². The highest BCUT2D eigenvalue weighted by Crippen LogP contribution is 2.46. The van der Waals surface area contributed by atoms with Crippen molar-refractivity contribution in [3.05, 3.63) is 76.1 Å². The van der Waals surface area contributed by atoms with Gasteiger partial charge in [-0.2, -0.15) is 25.9 Å². The zero-order valence-corrected chi connectivity index (χ0v) is 22.5. The highest BCUT2D eigenvalue weighted by Gasteiger charge is 2.42. The van der Waals surface area contributed by atoms with Crippen LogP contribution in [0, 0.1) is 12.1 Å². The predicted octanol–water partition coefficient (Wildman–Crippen LogP) is 3.90. The number of hydrogen-bond donors (Lipinski definition) is 1. The topological polar surface area (TPSA) is 104 Å². The number of rotatable bonds is 6. The number of fused-ring (bicyclic) bond motifs is 1. The van der Waals surface area contributed by atoms with Crippen molar-refractivity contribution in [1.29, 1.82) is 0 Å². The summed E-state index contributed by atoms with van der Waals surface area (Å²) in [6.45, 7) is 0.151. The monoisotopic (exact) mass is 577 g/mol. The third-order valence-electron chi connectivity index (χ3n) is 7.85. The highest BCUT2D eigenvalue weighted by molar-refractivity contribution is 7.87. The summed E-state index contributed by atoms with van der Waals surface area (Å²) >= 11 is 0. The molecule has 14 heteroatoms. The fraction of sp³-hybridized carbons (Fsp3) is 0.423. The van der Waals surface area contributed by atoms with Crippen molar-refractivity contribution < 1.29 is 27.6 Å². The molecule has 2 fully saturated rings. The molecular weight excluding hydrogens is 547 g/mol. The number of imidazole rings is 1. The molecule has 4 heterocycles. The second-order valence-corrected chi connectivity index (χ2v) is 12.2. The molecule has 1 radical (unpaired) electrons. The van der Waals surface area contributed by atoms with E-state index in [1.54, 1.807) is 18.5 Å². The van der Waals surface area contributed by atoms with Crippen molar-refractivity contribution in [3.8, 4) is 5.69 Å². The lowest BCUT2D eigenvalue weighted by molar-refractivity contribution is -0.480. The molecule has 6 rings (SSSR count). The minimum absolute atomic E-state index is 0. The number of pyridine rings is 1. The maximum Gasteiger partial charge on any atom is 0.418 e. The fourth-order valence-electron chi connectivity index (χ4n) is 5.63. The SMILES string of the molecule is C[N+]1=CN=N[C]1[C@@H](c1cccc(-n2cc3c(C(F)(F)F)cc(CN4CCCNS4(=O)=O)cn3c2=O)c1)C1CCC1.[HH]. The zero-order valence-electron chi connectivity index (χ0n) is 21.7. The Hall–Kier alpha value is -3.36. The van der Waals surface area contributed by atoms with E-state index in [2.05, 4.69) is 15.0 Å². The van der Waals surface area contributed by atoms with Gasteiger partial charge in [-0.05, 0) is 59.6 Å². The van der Waals surface area contributed by atoms with Gasteiger partial charge in [0.25, 0.3) is 10.2 Å². The van der Waals surface area contributed by atoms with E-state index in [-0.39, 0.29) is 38.1 Å². The van der Waals surface area contributed by atoms with E-state index < -0.39 is 27.6 Å².